The highest BCUT2D eigenvalue weighted by atomic mass is 35.5. The number of carbonyl (C=O) groups excluding carboxylic acids is 3. The van der Waals surface area contributed by atoms with E-state index in [1.807, 2.05) is 0 Å². The van der Waals surface area contributed by atoms with Crippen LogP contribution in [-0.2, 0) is 9.53 Å². The van der Waals surface area contributed by atoms with Crippen LogP contribution in [0.15, 0.2) is 66.7 Å². The van der Waals surface area contributed by atoms with Crippen LogP contribution in [0, 0.1) is 10.1 Å². The fourth-order valence-electron chi connectivity index (χ4n) is 2.75. The number of Topliss-reactive ketones (excluding diaryl/α,β-unsaturated/α-hetero) is 1. The predicted octanol–water partition coefficient (Wildman–Crippen LogP) is 5.04. The molecule has 0 aromatic heterocycles. The largest absolute Gasteiger partial charge is 0.454 e. The van der Waals surface area contributed by atoms with E-state index in [9.17, 15) is 24.5 Å². The first-order valence-electron chi connectivity index (χ1n) is 9.53. The van der Waals surface area contributed by atoms with Crippen LogP contribution in [-0.4, -0.2) is 29.2 Å². The SMILES string of the molecule is CC(=O)Nc1ccc(C(=O)COC(=O)c2ccc(Oc3ccc(Cl)cc3[N+](=O)[O-])cc2)cc1. The number of benzene rings is 3. The van der Waals surface area contributed by atoms with Crippen molar-refractivity contribution in [3.63, 3.8) is 0 Å². The topological polar surface area (TPSA) is 125 Å². The van der Waals surface area contributed by atoms with Crippen molar-refractivity contribution in [3.8, 4) is 11.5 Å². The second kappa shape index (κ2) is 10.4. The highest BCUT2D eigenvalue weighted by molar-refractivity contribution is 6.30. The van der Waals surface area contributed by atoms with E-state index in [0.29, 0.717) is 11.3 Å². The number of carbonyl (C=O) groups is 3. The number of ether oxygens (including phenoxy) is 2. The van der Waals surface area contributed by atoms with Crippen LogP contribution in [0.5, 0.6) is 11.5 Å². The van der Waals surface area contributed by atoms with Gasteiger partial charge in [-0.1, -0.05) is 11.6 Å². The van der Waals surface area contributed by atoms with Crippen molar-refractivity contribution < 1.29 is 28.8 Å². The Morgan fingerprint density at radius 2 is 1.61 bits per heavy atom. The van der Waals surface area contributed by atoms with E-state index in [1.54, 1.807) is 12.1 Å². The fraction of sp³-hybridized carbons (Fsp3) is 0.0870. The quantitative estimate of drug-likeness (QED) is 0.212. The molecule has 3 rings (SSSR count). The van der Waals surface area contributed by atoms with Crippen molar-refractivity contribution in [2.75, 3.05) is 11.9 Å². The summed E-state index contributed by atoms with van der Waals surface area (Å²) in [5, 5.41) is 13.9. The van der Waals surface area contributed by atoms with E-state index in [2.05, 4.69) is 5.32 Å². The molecule has 0 unspecified atom stereocenters. The van der Waals surface area contributed by atoms with Gasteiger partial charge < -0.3 is 14.8 Å². The lowest BCUT2D eigenvalue weighted by molar-refractivity contribution is -0.385. The van der Waals surface area contributed by atoms with Crippen molar-refractivity contribution in [2.24, 2.45) is 0 Å². The number of anilines is 1. The number of halogens is 1. The molecule has 0 radical (unpaired) electrons. The molecule has 0 spiro atoms. The van der Waals surface area contributed by atoms with Gasteiger partial charge >= 0.3 is 11.7 Å². The monoisotopic (exact) mass is 468 g/mol. The number of ketones is 1. The van der Waals surface area contributed by atoms with Crippen molar-refractivity contribution in [3.05, 3.63) is 93.0 Å². The van der Waals surface area contributed by atoms with Crippen molar-refractivity contribution >= 4 is 40.6 Å². The van der Waals surface area contributed by atoms with Gasteiger partial charge in [-0.05, 0) is 60.7 Å². The predicted molar refractivity (Wildman–Crippen MR) is 120 cm³/mol. The molecular formula is C23H17ClN2O7. The number of amides is 1. The molecule has 33 heavy (non-hydrogen) atoms. The molecule has 0 heterocycles. The van der Waals surface area contributed by atoms with Crippen LogP contribution in [0.4, 0.5) is 11.4 Å². The van der Waals surface area contributed by atoms with Gasteiger partial charge in [0.1, 0.15) is 5.75 Å². The number of nitrogens with zero attached hydrogens (tertiary/aromatic N) is 1. The standard InChI is InChI=1S/C23H17ClN2O7/c1-14(27)25-18-7-2-15(3-8-18)21(28)13-32-23(29)16-4-9-19(10-5-16)33-22-11-6-17(24)12-20(22)26(30)31/h2-12H,13H2,1H3,(H,25,27). The van der Waals surface area contributed by atoms with Crippen LogP contribution in [0.3, 0.4) is 0 Å². The summed E-state index contributed by atoms with van der Waals surface area (Å²) >= 11 is 5.79. The average molecular weight is 469 g/mol. The average Bonchev–Trinajstić information content (AvgIpc) is 2.79. The second-order valence-corrected chi connectivity index (χ2v) is 7.19. The Hall–Kier alpha value is -4.24. The van der Waals surface area contributed by atoms with E-state index in [0.717, 1.165) is 0 Å². The smallest absolute Gasteiger partial charge is 0.338 e. The lowest BCUT2D eigenvalue weighted by Gasteiger charge is -2.08. The Kier molecular flexibility index (Phi) is 7.37. The summed E-state index contributed by atoms with van der Waals surface area (Å²) in [5.41, 5.74) is 0.740. The highest BCUT2D eigenvalue weighted by Gasteiger charge is 2.17. The lowest BCUT2D eigenvalue weighted by atomic mass is 10.1. The molecule has 0 aliphatic carbocycles. The van der Waals surface area contributed by atoms with E-state index < -0.39 is 23.3 Å². The summed E-state index contributed by atoms with van der Waals surface area (Å²) in [6.45, 7) is 0.909. The number of nitro benzene ring substituents is 1. The third-order valence-corrected chi connectivity index (χ3v) is 4.53. The van der Waals surface area contributed by atoms with Gasteiger partial charge in [0.05, 0.1) is 10.5 Å². The van der Waals surface area contributed by atoms with Crippen molar-refractivity contribution in [2.45, 2.75) is 6.92 Å². The van der Waals surface area contributed by atoms with E-state index in [-0.39, 0.29) is 33.7 Å². The van der Waals surface area contributed by atoms with Crippen LogP contribution >= 0.6 is 11.6 Å². The number of esters is 1. The van der Waals surface area contributed by atoms with Gasteiger partial charge in [0.2, 0.25) is 11.7 Å². The van der Waals surface area contributed by atoms with Gasteiger partial charge in [0.15, 0.2) is 12.4 Å². The molecule has 168 valence electrons. The minimum atomic E-state index is -0.720. The molecule has 0 bridgehead atoms. The van der Waals surface area contributed by atoms with E-state index in [1.165, 1.54) is 61.5 Å². The third kappa shape index (κ3) is 6.37. The molecule has 0 fully saturated rings. The molecule has 9 nitrogen and oxygen atoms in total. The van der Waals surface area contributed by atoms with E-state index >= 15 is 0 Å². The first kappa shape index (κ1) is 23.4. The van der Waals surface area contributed by atoms with Gasteiger partial charge in [-0.3, -0.25) is 19.7 Å². The molecule has 0 saturated carbocycles. The van der Waals surface area contributed by atoms with Gasteiger partial charge in [0, 0.05) is 29.3 Å². The molecule has 1 amide bonds. The molecule has 10 heteroatoms. The Balaban J connectivity index is 1.59. The molecular weight excluding hydrogens is 452 g/mol. The van der Waals surface area contributed by atoms with Gasteiger partial charge in [-0.25, -0.2) is 4.79 Å². The Labute approximate surface area is 193 Å². The zero-order valence-electron chi connectivity index (χ0n) is 17.2. The molecule has 0 aliphatic rings. The van der Waals surface area contributed by atoms with Crippen LogP contribution in [0.1, 0.15) is 27.6 Å². The Morgan fingerprint density at radius 3 is 2.21 bits per heavy atom. The summed E-state index contributed by atoms with van der Waals surface area (Å²) in [5.74, 6) is -1.11. The molecule has 1 N–H and O–H groups in total. The summed E-state index contributed by atoms with van der Waals surface area (Å²) in [7, 11) is 0. The summed E-state index contributed by atoms with van der Waals surface area (Å²) < 4.78 is 10.6. The van der Waals surface area contributed by atoms with Gasteiger partial charge in [-0.15, -0.1) is 0 Å². The number of nitrogens with one attached hydrogen (secondary N) is 1. The maximum atomic E-state index is 12.2. The number of hydrogen-bond donors (Lipinski definition) is 1. The minimum Gasteiger partial charge on any atom is -0.454 e. The third-order valence-electron chi connectivity index (χ3n) is 4.30. The van der Waals surface area contributed by atoms with Gasteiger partial charge in [0.25, 0.3) is 0 Å². The van der Waals surface area contributed by atoms with Crippen LogP contribution in [0.25, 0.3) is 0 Å². The molecule has 0 aliphatic heterocycles. The maximum absolute atomic E-state index is 12.2. The number of rotatable bonds is 8. The Morgan fingerprint density at radius 1 is 0.970 bits per heavy atom. The Bertz CT molecular complexity index is 1210. The molecule has 3 aromatic rings. The lowest BCUT2D eigenvalue weighted by Crippen LogP contribution is -2.14. The number of nitro groups is 1. The van der Waals surface area contributed by atoms with Crippen molar-refractivity contribution in [1.82, 2.24) is 0 Å². The molecule has 3 aromatic carbocycles. The number of hydrogen-bond acceptors (Lipinski definition) is 7. The zero-order chi connectivity index (χ0) is 24.0. The summed E-state index contributed by atoms with van der Waals surface area (Å²) in [6, 6.07) is 15.9. The first-order valence-corrected chi connectivity index (χ1v) is 9.90. The normalized spacial score (nSPS) is 10.2. The fourth-order valence-corrected chi connectivity index (χ4v) is 2.91. The van der Waals surface area contributed by atoms with Gasteiger partial charge in [-0.2, -0.15) is 0 Å². The summed E-state index contributed by atoms with van der Waals surface area (Å²) in [4.78, 5) is 46.1. The van der Waals surface area contributed by atoms with E-state index in [4.69, 9.17) is 21.1 Å². The van der Waals surface area contributed by atoms with Crippen molar-refractivity contribution in [1.29, 1.82) is 0 Å². The molecule has 0 saturated heterocycles. The van der Waals surface area contributed by atoms with Crippen LogP contribution < -0.4 is 10.1 Å². The zero-order valence-corrected chi connectivity index (χ0v) is 18.0. The maximum Gasteiger partial charge on any atom is 0.338 e. The highest BCUT2D eigenvalue weighted by Crippen LogP contribution is 2.33. The molecule has 0 atom stereocenters. The second-order valence-electron chi connectivity index (χ2n) is 6.75. The minimum absolute atomic E-state index is 0.00477. The summed E-state index contributed by atoms with van der Waals surface area (Å²) in [6.07, 6.45) is 0. The first-order chi connectivity index (χ1) is 15.7. The van der Waals surface area contributed by atoms with Crippen LogP contribution in [0.2, 0.25) is 5.02 Å².